The molecule has 4 rings (SSSR count). The second-order valence-electron chi connectivity index (χ2n) is 9.17. The van der Waals surface area contributed by atoms with E-state index in [4.69, 9.17) is 0 Å². The number of benzene rings is 1. The zero-order valence-electron chi connectivity index (χ0n) is 17.3. The highest BCUT2D eigenvalue weighted by Crippen LogP contribution is 2.37. The molecule has 0 bridgehead atoms. The Balaban J connectivity index is 2.03. The van der Waals surface area contributed by atoms with Gasteiger partial charge in [-0.1, -0.05) is 0 Å². The van der Waals surface area contributed by atoms with Crippen LogP contribution in [0.2, 0.25) is 0 Å². The standard InChI is InChI=1S/C20H24N6O4/c1-19(2)9-12(10-20(3,4)23-19)25-14-8-15(24-6-5-21-11-24)16(26(29)30)7-13(14)22-17(27)18(25)28/h5-8,11-12,23H,9-10H2,1-4H3,(H,22,27). The van der Waals surface area contributed by atoms with E-state index in [1.54, 1.807) is 12.3 Å². The molecule has 0 spiro atoms. The molecule has 1 saturated heterocycles. The fraction of sp³-hybridized carbons (Fsp3) is 0.450. The molecular weight excluding hydrogens is 388 g/mol. The van der Waals surface area contributed by atoms with Crippen molar-refractivity contribution in [2.45, 2.75) is 57.7 Å². The molecule has 0 radical (unpaired) electrons. The third-order valence-corrected chi connectivity index (χ3v) is 5.53. The number of nitrogens with one attached hydrogen (secondary N) is 2. The predicted molar refractivity (Wildman–Crippen MR) is 112 cm³/mol. The minimum atomic E-state index is -0.790. The zero-order chi connectivity index (χ0) is 21.8. The minimum absolute atomic E-state index is 0.188. The highest BCUT2D eigenvalue weighted by Gasteiger charge is 2.39. The number of nitrogens with zero attached hydrogens (tertiary/aromatic N) is 4. The molecule has 1 aliphatic rings. The lowest BCUT2D eigenvalue weighted by atomic mass is 9.79. The summed E-state index contributed by atoms with van der Waals surface area (Å²) in [5, 5.41) is 15.2. The lowest BCUT2D eigenvalue weighted by molar-refractivity contribution is -0.384. The molecule has 3 aromatic rings. The predicted octanol–water partition coefficient (Wildman–Crippen LogP) is 2.27. The lowest BCUT2D eigenvalue weighted by Gasteiger charge is -2.47. The molecule has 30 heavy (non-hydrogen) atoms. The van der Waals surface area contributed by atoms with Crippen LogP contribution >= 0.6 is 0 Å². The van der Waals surface area contributed by atoms with Crippen molar-refractivity contribution in [3.05, 3.63) is 61.7 Å². The van der Waals surface area contributed by atoms with Crippen LogP contribution in [-0.2, 0) is 0 Å². The van der Waals surface area contributed by atoms with Gasteiger partial charge in [0, 0.05) is 35.6 Å². The highest BCUT2D eigenvalue weighted by molar-refractivity contribution is 5.82. The molecule has 0 unspecified atom stereocenters. The van der Waals surface area contributed by atoms with Crippen LogP contribution in [-0.4, -0.2) is 35.1 Å². The van der Waals surface area contributed by atoms with E-state index in [2.05, 4.69) is 43.0 Å². The molecule has 0 aliphatic carbocycles. The Bertz CT molecular complexity index is 1240. The Morgan fingerprint density at radius 1 is 1.17 bits per heavy atom. The lowest BCUT2D eigenvalue weighted by Crippen LogP contribution is -2.59. The summed E-state index contributed by atoms with van der Waals surface area (Å²) in [6.07, 6.45) is 5.84. The van der Waals surface area contributed by atoms with Gasteiger partial charge in [-0.3, -0.25) is 24.3 Å². The summed E-state index contributed by atoms with van der Waals surface area (Å²) >= 11 is 0. The number of imidazole rings is 1. The smallest absolute Gasteiger partial charge is 0.316 e. The number of hydrogen-bond acceptors (Lipinski definition) is 6. The maximum Gasteiger partial charge on any atom is 0.316 e. The highest BCUT2D eigenvalue weighted by atomic mass is 16.6. The van der Waals surface area contributed by atoms with Gasteiger partial charge >= 0.3 is 11.1 Å². The molecule has 0 amide bonds. The molecule has 2 aromatic heterocycles. The SMILES string of the molecule is CC1(C)CC(n2c(=O)c(=O)[nH]c3cc([N+](=O)[O-])c(-n4ccnc4)cc32)CC(C)(C)N1. The van der Waals surface area contributed by atoms with Crippen LogP contribution < -0.4 is 16.4 Å². The first kappa shape index (κ1) is 20.0. The van der Waals surface area contributed by atoms with Crippen molar-refractivity contribution in [2.75, 3.05) is 0 Å². The second kappa shape index (κ2) is 6.63. The number of aromatic nitrogens is 4. The summed E-state index contributed by atoms with van der Waals surface area (Å²) in [4.78, 5) is 43.0. The van der Waals surface area contributed by atoms with Gasteiger partial charge < -0.3 is 14.9 Å². The minimum Gasteiger partial charge on any atom is -0.316 e. The van der Waals surface area contributed by atoms with E-state index in [9.17, 15) is 19.7 Å². The zero-order valence-corrected chi connectivity index (χ0v) is 17.3. The van der Waals surface area contributed by atoms with Crippen LogP contribution in [0.4, 0.5) is 5.69 Å². The maximum atomic E-state index is 13.0. The summed E-state index contributed by atoms with van der Waals surface area (Å²) in [5.41, 5.74) is -1.17. The van der Waals surface area contributed by atoms with E-state index >= 15 is 0 Å². The summed E-state index contributed by atoms with van der Waals surface area (Å²) < 4.78 is 3.02. The van der Waals surface area contributed by atoms with Gasteiger partial charge in [-0.2, -0.15) is 0 Å². The van der Waals surface area contributed by atoms with Crippen LogP contribution in [0.25, 0.3) is 16.7 Å². The number of piperidine rings is 1. The summed E-state index contributed by atoms with van der Waals surface area (Å²) in [5.74, 6) is 0. The first-order chi connectivity index (χ1) is 14.0. The van der Waals surface area contributed by atoms with Crippen molar-refractivity contribution in [1.29, 1.82) is 0 Å². The van der Waals surface area contributed by atoms with E-state index in [0.717, 1.165) is 0 Å². The maximum absolute atomic E-state index is 13.0. The molecule has 10 heteroatoms. The number of nitro groups is 1. The monoisotopic (exact) mass is 412 g/mol. The Labute approximate surface area is 171 Å². The largest absolute Gasteiger partial charge is 0.316 e. The number of aromatic amines is 1. The molecule has 1 aromatic carbocycles. The quantitative estimate of drug-likeness (QED) is 0.386. The molecule has 158 valence electrons. The molecule has 1 aliphatic heterocycles. The van der Waals surface area contributed by atoms with Gasteiger partial charge in [0.2, 0.25) is 0 Å². The summed E-state index contributed by atoms with van der Waals surface area (Å²) in [6.45, 7) is 8.23. The number of H-pyrrole nitrogens is 1. The van der Waals surface area contributed by atoms with Crippen molar-refractivity contribution in [2.24, 2.45) is 0 Å². The first-order valence-corrected chi connectivity index (χ1v) is 9.72. The topological polar surface area (TPSA) is 128 Å². The van der Waals surface area contributed by atoms with Gasteiger partial charge in [0.1, 0.15) is 5.69 Å². The molecule has 0 saturated carbocycles. The molecule has 0 atom stereocenters. The average Bonchev–Trinajstić information content (AvgIpc) is 3.13. The molecule has 10 nitrogen and oxygen atoms in total. The summed E-state index contributed by atoms with van der Waals surface area (Å²) in [6, 6.07) is 2.64. The summed E-state index contributed by atoms with van der Waals surface area (Å²) in [7, 11) is 0. The number of fused-ring (bicyclic) bond motifs is 1. The van der Waals surface area contributed by atoms with Crippen LogP contribution in [0.3, 0.4) is 0 Å². The number of nitro benzene ring substituents is 1. The Hall–Kier alpha value is -3.27. The fourth-order valence-electron chi connectivity index (χ4n) is 4.83. The molecule has 3 heterocycles. The third kappa shape index (κ3) is 3.43. The molecule has 1 fully saturated rings. The number of rotatable bonds is 3. The van der Waals surface area contributed by atoms with Crippen molar-refractivity contribution in [3.8, 4) is 5.69 Å². The second-order valence-corrected chi connectivity index (χ2v) is 9.17. The normalized spacial score (nSPS) is 18.5. The Morgan fingerprint density at radius 3 is 2.40 bits per heavy atom. The van der Waals surface area contributed by atoms with Crippen molar-refractivity contribution in [1.82, 2.24) is 24.4 Å². The Morgan fingerprint density at radius 2 is 1.83 bits per heavy atom. The van der Waals surface area contributed by atoms with Gasteiger partial charge in [0.15, 0.2) is 0 Å². The third-order valence-electron chi connectivity index (χ3n) is 5.53. The van der Waals surface area contributed by atoms with Crippen molar-refractivity contribution < 1.29 is 4.92 Å². The van der Waals surface area contributed by atoms with Gasteiger partial charge in [-0.05, 0) is 46.6 Å². The van der Waals surface area contributed by atoms with E-state index < -0.39 is 16.0 Å². The van der Waals surface area contributed by atoms with Crippen LogP contribution in [0.5, 0.6) is 0 Å². The van der Waals surface area contributed by atoms with Gasteiger partial charge in [0.25, 0.3) is 5.69 Å². The van der Waals surface area contributed by atoms with Crippen molar-refractivity contribution >= 4 is 16.7 Å². The first-order valence-electron chi connectivity index (χ1n) is 9.72. The fourth-order valence-corrected chi connectivity index (χ4v) is 4.83. The van der Waals surface area contributed by atoms with Crippen LogP contribution in [0.1, 0.15) is 46.6 Å². The molecule has 2 N–H and O–H groups in total. The van der Waals surface area contributed by atoms with Crippen LogP contribution in [0, 0.1) is 10.1 Å². The van der Waals surface area contributed by atoms with E-state index in [0.29, 0.717) is 18.4 Å². The van der Waals surface area contributed by atoms with Crippen molar-refractivity contribution in [3.63, 3.8) is 0 Å². The van der Waals surface area contributed by atoms with Gasteiger partial charge in [-0.25, -0.2) is 4.98 Å². The average molecular weight is 412 g/mol. The van der Waals surface area contributed by atoms with E-state index in [1.807, 2.05) is 0 Å². The van der Waals surface area contributed by atoms with E-state index in [-0.39, 0.29) is 34.0 Å². The number of hydrogen-bond donors (Lipinski definition) is 2. The Kier molecular flexibility index (Phi) is 4.42. The van der Waals surface area contributed by atoms with E-state index in [1.165, 1.54) is 27.7 Å². The van der Waals surface area contributed by atoms with Crippen LogP contribution in [0.15, 0.2) is 40.4 Å². The van der Waals surface area contributed by atoms with Gasteiger partial charge in [-0.15, -0.1) is 0 Å². The molecular formula is C20H24N6O4. The van der Waals surface area contributed by atoms with Gasteiger partial charge in [0.05, 0.1) is 22.3 Å².